The zero-order valence-corrected chi connectivity index (χ0v) is 8.14. The highest BCUT2D eigenvalue weighted by atomic mass is 16.5. The lowest BCUT2D eigenvalue weighted by molar-refractivity contribution is -0.122. The Bertz CT molecular complexity index is 212. The fraction of sp³-hybridized carbons (Fsp3) is 0.727. The van der Waals surface area contributed by atoms with Crippen molar-refractivity contribution in [1.82, 2.24) is 0 Å². The average Bonchev–Trinajstić information content (AvgIpc) is 2.15. The minimum absolute atomic E-state index is 0.302. The third-order valence-electron chi connectivity index (χ3n) is 2.25. The highest BCUT2D eigenvalue weighted by Crippen LogP contribution is 2.17. The van der Waals surface area contributed by atoms with Crippen molar-refractivity contribution in [2.24, 2.45) is 0 Å². The molecule has 0 aromatic heterocycles. The lowest BCUT2D eigenvalue weighted by atomic mass is 9.96. The van der Waals surface area contributed by atoms with Crippen LogP contribution in [0.5, 0.6) is 0 Å². The maximum Gasteiger partial charge on any atom is 0.133 e. The van der Waals surface area contributed by atoms with Crippen LogP contribution >= 0.6 is 0 Å². The Hall–Kier alpha value is -0.810. The molecule has 0 N–H and O–H groups in total. The van der Waals surface area contributed by atoms with Gasteiger partial charge in [0, 0.05) is 19.3 Å². The lowest BCUT2D eigenvalue weighted by Crippen LogP contribution is -2.21. The zero-order chi connectivity index (χ0) is 9.52. The summed E-state index contributed by atoms with van der Waals surface area (Å²) in [6.07, 6.45) is 4.31. The van der Waals surface area contributed by atoms with E-state index in [9.17, 15) is 4.79 Å². The van der Waals surface area contributed by atoms with Crippen molar-refractivity contribution in [2.45, 2.75) is 45.1 Å². The van der Waals surface area contributed by atoms with E-state index in [2.05, 4.69) is 11.8 Å². The van der Waals surface area contributed by atoms with E-state index in [1.165, 1.54) is 0 Å². The predicted molar refractivity (Wildman–Crippen MR) is 51.3 cm³/mol. The smallest absolute Gasteiger partial charge is 0.133 e. The second-order valence-corrected chi connectivity index (χ2v) is 3.29. The first-order chi connectivity index (χ1) is 6.33. The standard InChI is InChI=1S/C11H16O2/c1-2-3-4-9-13-11-7-5-10(12)6-8-11/h11H,4-9H2,1H3. The third kappa shape index (κ3) is 4.10. The molecule has 0 radical (unpaired) electrons. The van der Waals surface area contributed by atoms with E-state index in [4.69, 9.17) is 4.74 Å². The summed E-state index contributed by atoms with van der Waals surface area (Å²) in [5.41, 5.74) is 0. The molecule has 0 saturated heterocycles. The van der Waals surface area contributed by atoms with Crippen LogP contribution in [0.3, 0.4) is 0 Å². The van der Waals surface area contributed by atoms with Gasteiger partial charge in [0.05, 0.1) is 12.7 Å². The summed E-state index contributed by atoms with van der Waals surface area (Å²) in [4.78, 5) is 10.9. The number of hydrogen-bond acceptors (Lipinski definition) is 2. The van der Waals surface area contributed by atoms with Gasteiger partial charge >= 0.3 is 0 Å². The highest BCUT2D eigenvalue weighted by molar-refractivity contribution is 5.79. The van der Waals surface area contributed by atoms with E-state index < -0.39 is 0 Å². The van der Waals surface area contributed by atoms with Crippen LogP contribution in [0, 0.1) is 11.8 Å². The Kier molecular flexibility index (Phi) is 4.56. The molecule has 13 heavy (non-hydrogen) atoms. The molecular formula is C11H16O2. The second-order valence-electron chi connectivity index (χ2n) is 3.29. The van der Waals surface area contributed by atoms with Gasteiger partial charge in [-0.15, -0.1) is 11.8 Å². The van der Waals surface area contributed by atoms with Crippen molar-refractivity contribution < 1.29 is 9.53 Å². The van der Waals surface area contributed by atoms with Crippen LogP contribution in [-0.2, 0) is 9.53 Å². The van der Waals surface area contributed by atoms with Crippen molar-refractivity contribution in [3.8, 4) is 11.8 Å². The number of hydrogen-bond donors (Lipinski definition) is 0. The van der Waals surface area contributed by atoms with Gasteiger partial charge in [-0.25, -0.2) is 0 Å². The summed E-state index contributed by atoms with van der Waals surface area (Å²) < 4.78 is 5.58. The molecule has 2 nitrogen and oxygen atoms in total. The Balaban J connectivity index is 2.07. The Morgan fingerprint density at radius 3 is 2.77 bits per heavy atom. The number of carbonyl (C=O) groups is 1. The first kappa shape index (κ1) is 10.3. The summed E-state index contributed by atoms with van der Waals surface area (Å²) >= 11 is 0. The van der Waals surface area contributed by atoms with E-state index in [0.717, 1.165) is 19.3 Å². The van der Waals surface area contributed by atoms with Crippen LogP contribution in [0.4, 0.5) is 0 Å². The molecule has 0 unspecified atom stereocenters. The van der Waals surface area contributed by atoms with E-state index >= 15 is 0 Å². The number of ketones is 1. The minimum Gasteiger partial charge on any atom is -0.377 e. The predicted octanol–water partition coefficient (Wildman–Crippen LogP) is 1.93. The Labute approximate surface area is 79.7 Å². The van der Waals surface area contributed by atoms with Gasteiger partial charge in [-0.2, -0.15) is 0 Å². The quantitative estimate of drug-likeness (QED) is 0.490. The van der Waals surface area contributed by atoms with Crippen molar-refractivity contribution in [1.29, 1.82) is 0 Å². The molecule has 0 heterocycles. The highest BCUT2D eigenvalue weighted by Gasteiger charge is 2.18. The molecule has 1 rings (SSSR count). The molecule has 1 fully saturated rings. The molecule has 2 heteroatoms. The van der Waals surface area contributed by atoms with Gasteiger partial charge in [0.15, 0.2) is 0 Å². The van der Waals surface area contributed by atoms with E-state index in [0.29, 0.717) is 31.3 Å². The topological polar surface area (TPSA) is 26.3 Å². The fourth-order valence-electron chi connectivity index (χ4n) is 1.48. The lowest BCUT2D eigenvalue weighted by Gasteiger charge is -2.20. The molecule has 0 aromatic carbocycles. The van der Waals surface area contributed by atoms with Crippen molar-refractivity contribution in [2.75, 3.05) is 6.61 Å². The summed E-state index contributed by atoms with van der Waals surface area (Å²) in [5.74, 6) is 6.17. The fourth-order valence-corrected chi connectivity index (χ4v) is 1.48. The largest absolute Gasteiger partial charge is 0.377 e. The van der Waals surface area contributed by atoms with Gasteiger partial charge in [0.2, 0.25) is 0 Å². The van der Waals surface area contributed by atoms with Gasteiger partial charge in [-0.3, -0.25) is 4.79 Å². The molecule has 1 saturated carbocycles. The molecular weight excluding hydrogens is 164 g/mol. The Morgan fingerprint density at radius 1 is 1.46 bits per heavy atom. The summed E-state index contributed by atoms with van der Waals surface area (Å²) in [6, 6.07) is 0. The monoisotopic (exact) mass is 180 g/mol. The second kappa shape index (κ2) is 5.77. The molecule has 1 aliphatic carbocycles. The van der Waals surface area contributed by atoms with Crippen LogP contribution in [-0.4, -0.2) is 18.5 Å². The van der Waals surface area contributed by atoms with E-state index in [1.54, 1.807) is 0 Å². The van der Waals surface area contributed by atoms with Gasteiger partial charge < -0.3 is 4.74 Å². The summed E-state index contributed by atoms with van der Waals surface area (Å²) in [6.45, 7) is 2.54. The number of Topliss-reactive ketones (excluding diaryl/α,β-unsaturated/α-hetero) is 1. The van der Waals surface area contributed by atoms with Gasteiger partial charge in [0.1, 0.15) is 5.78 Å². The zero-order valence-electron chi connectivity index (χ0n) is 8.14. The van der Waals surface area contributed by atoms with Gasteiger partial charge in [0.25, 0.3) is 0 Å². The normalized spacial score (nSPS) is 18.1. The van der Waals surface area contributed by atoms with Crippen molar-refractivity contribution in [3.05, 3.63) is 0 Å². The molecule has 0 aliphatic heterocycles. The Morgan fingerprint density at radius 2 is 2.15 bits per heavy atom. The maximum absolute atomic E-state index is 10.9. The molecule has 0 spiro atoms. The molecule has 0 bridgehead atoms. The summed E-state index contributed by atoms with van der Waals surface area (Å²) in [5, 5.41) is 0. The first-order valence-corrected chi connectivity index (χ1v) is 4.86. The average molecular weight is 180 g/mol. The van der Waals surface area contributed by atoms with Crippen LogP contribution in [0.2, 0.25) is 0 Å². The van der Waals surface area contributed by atoms with Gasteiger partial charge in [-0.1, -0.05) is 0 Å². The van der Waals surface area contributed by atoms with Crippen LogP contribution in [0.15, 0.2) is 0 Å². The van der Waals surface area contributed by atoms with Gasteiger partial charge in [-0.05, 0) is 19.8 Å². The number of ether oxygens (including phenoxy) is 1. The molecule has 0 amide bonds. The van der Waals surface area contributed by atoms with Crippen LogP contribution in [0.25, 0.3) is 0 Å². The molecule has 0 atom stereocenters. The van der Waals surface area contributed by atoms with Crippen molar-refractivity contribution in [3.63, 3.8) is 0 Å². The minimum atomic E-state index is 0.302. The first-order valence-electron chi connectivity index (χ1n) is 4.86. The SMILES string of the molecule is CC#CCCOC1CCC(=O)CC1. The van der Waals surface area contributed by atoms with E-state index in [1.807, 2.05) is 6.92 Å². The molecule has 1 aliphatic rings. The third-order valence-corrected chi connectivity index (χ3v) is 2.25. The number of carbonyl (C=O) groups excluding carboxylic acids is 1. The van der Waals surface area contributed by atoms with Crippen molar-refractivity contribution >= 4 is 5.78 Å². The number of rotatable bonds is 3. The molecule has 0 aromatic rings. The van der Waals surface area contributed by atoms with E-state index in [-0.39, 0.29) is 0 Å². The molecule has 72 valence electrons. The van der Waals surface area contributed by atoms with Crippen LogP contribution in [0.1, 0.15) is 39.0 Å². The van der Waals surface area contributed by atoms with Crippen LogP contribution < -0.4 is 0 Å². The summed E-state index contributed by atoms with van der Waals surface area (Å²) in [7, 11) is 0. The maximum atomic E-state index is 10.9.